The lowest BCUT2D eigenvalue weighted by Gasteiger charge is -2.01. The predicted octanol–water partition coefficient (Wildman–Crippen LogP) is 3.79. The van der Waals surface area contributed by atoms with Crippen molar-refractivity contribution in [3.05, 3.63) is 28.5 Å². The van der Waals surface area contributed by atoms with Crippen LogP contribution in [0.4, 0.5) is 0 Å². The first-order valence-electron chi connectivity index (χ1n) is 5.53. The van der Waals surface area contributed by atoms with Crippen molar-refractivity contribution in [2.75, 3.05) is 5.75 Å². The summed E-state index contributed by atoms with van der Waals surface area (Å²) in [6.45, 7) is 4.42. The predicted molar refractivity (Wildman–Crippen MR) is 71.1 cm³/mol. The van der Waals surface area contributed by atoms with E-state index in [1.54, 1.807) is 0 Å². The number of aryl methyl sites for hydroxylation is 1. The van der Waals surface area contributed by atoms with Gasteiger partial charge in [0.1, 0.15) is 0 Å². The van der Waals surface area contributed by atoms with Crippen molar-refractivity contribution < 1.29 is 4.57 Å². The minimum absolute atomic E-state index is 1.06. The minimum Gasteiger partial charge on any atom is -0.194 e. The molecule has 0 aliphatic carbocycles. The van der Waals surface area contributed by atoms with Crippen LogP contribution in [0.15, 0.2) is 22.9 Å². The molecule has 84 valence electrons. The quantitative estimate of drug-likeness (QED) is 0.569. The highest BCUT2D eigenvalue weighted by atomic mass is 79.9. The summed E-state index contributed by atoms with van der Waals surface area (Å²) < 4.78 is 3.47. The molecule has 0 spiro atoms. The van der Waals surface area contributed by atoms with Crippen molar-refractivity contribution in [2.24, 2.45) is 0 Å². The number of hydrogen-bond acceptors (Lipinski definition) is 1. The summed E-state index contributed by atoms with van der Waals surface area (Å²) in [4.78, 5) is 0. The summed E-state index contributed by atoms with van der Waals surface area (Å²) in [6, 6.07) is 2.20. The van der Waals surface area contributed by atoms with Crippen LogP contribution in [-0.2, 0) is 12.3 Å². The zero-order valence-electron chi connectivity index (χ0n) is 9.50. The maximum atomic E-state index is 3.60. The lowest BCUT2D eigenvalue weighted by Crippen LogP contribution is -2.31. The van der Waals surface area contributed by atoms with Gasteiger partial charge in [0.25, 0.3) is 0 Å². The van der Waals surface area contributed by atoms with Gasteiger partial charge in [-0.25, -0.2) is 0 Å². The molecule has 0 radical (unpaired) electrons. The molecule has 1 nitrogen and oxygen atoms in total. The molecule has 0 atom stereocenters. The average molecular weight is 289 g/mol. The largest absolute Gasteiger partial charge is 0.194 e. The van der Waals surface area contributed by atoms with Crippen molar-refractivity contribution >= 4 is 27.7 Å². The second-order valence-corrected chi connectivity index (χ2v) is 5.51. The third-order valence-electron chi connectivity index (χ3n) is 2.32. The Morgan fingerprint density at radius 3 is 2.80 bits per heavy atom. The standard InChI is InChI=1S/C12H19BrNS/c1-3-5-8-15-10-14-7-6-11(4-2)12(13)9-14/h6-7,9H,3-5,8,10H2,1-2H3/q+1. The number of pyridine rings is 1. The summed E-state index contributed by atoms with van der Waals surface area (Å²) in [5.74, 6) is 2.32. The van der Waals surface area contributed by atoms with Crippen LogP contribution in [0, 0.1) is 0 Å². The summed E-state index contributed by atoms with van der Waals surface area (Å²) in [6.07, 6.45) is 8.04. The molecule has 0 unspecified atom stereocenters. The third-order valence-corrected chi connectivity index (χ3v) is 4.09. The van der Waals surface area contributed by atoms with Crippen LogP contribution in [-0.4, -0.2) is 5.75 Å². The molecule has 0 fully saturated rings. The molecule has 0 saturated carbocycles. The topological polar surface area (TPSA) is 3.88 Å². The Labute approximate surface area is 105 Å². The molecule has 3 heteroatoms. The first-order valence-corrected chi connectivity index (χ1v) is 7.48. The maximum Gasteiger partial charge on any atom is 0.194 e. The van der Waals surface area contributed by atoms with Gasteiger partial charge in [-0.05, 0) is 40.1 Å². The number of thioether (sulfide) groups is 1. The average Bonchev–Trinajstić information content (AvgIpc) is 2.25. The molecule has 1 aromatic heterocycles. The van der Waals surface area contributed by atoms with Crippen molar-refractivity contribution in [3.63, 3.8) is 0 Å². The number of halogens is 1. The number of rotatable bonds is 6. The molecule has 0 bridgehead atoms. The first kappa shape index (κ1) is 13.0. The Morgan fingerprint density at radius 1 is 1.40 bits per heavy atom. The van der Waals surface area contributed by atoms with E-state index in [0.717, 1.165) is 12.3 Å². The summed E-state index contributed by atoms with van der Waals surface area (Å²) >= 11 is 5.60. The Morgan fingerprint density at radius 2 is 2.20 bits per heavy atom. The fraction of sp³-hybridized carbons (Fsp3) is 0.583. The van der Waals surface area contributed by atoms with E-state index in [1.165, 1.54) is 28.6 Å². The van der Waals surface area contributed by atoms with Crippen molar-refractivity contribution in [1.82, 2.24) is 0 Å². The van der Waals surface area contributed by atoms with Crippen LogP contribution in [0.2, 0.25) is 0 Å². The number of unbranched alkanes of at least 4 members (excludes halogenated alkanes) is 1. The molecule has 0 amide bonds. The van der Waals surface area contributed by atoms with E-state index >= 15 is 0 Å². The number of hydrogen-bond donors (Lipinski definition) is 0. The molecule has 0 aliphatic rings. The van der Waals surface area contributed by atoms with E-state index in [-0.39, 0.29) is 0 Å². The van der Waals surface area contributed by atoms with Crippen LogP contribution in [0.5, 0.6) is 0 Å². The van der Waals surface area contributed by atoms with Gasteiger partial charge in [0.15, 0.2) is 18.3 Å². The molecule has 0 aromatic carbocycles. The molecule has 1 aromatic rings. The van der Waals surface area contributed by atoms with Crippen molar-refractivity contribution in [3.8, 4) is 0 Å². The smallest absolute Gasteiger partial charge is 0.194 e. The lowest BCUT2D eigenvalue weighted by atomic mass is 10.2. The second kappa shape index (κ2) is 7.29. The zero-order chi connectivity index (χ0) is 11.1. The number of aromatic nitrogens is 1. The molecular weight excluding hydrogens is 270 g/mol. The summed E-state index contributed by atoms with van der Waals surface area (Å²) in [7, 11) is 0. The molecular formula is C12H19BrNS+. The monoisotopic (exact) mass is 288 g/mol. The molecule has 15 heavy (non-hydrogen) atoms. The van der Waals surface area contributed by atoms with Crippen molar-refractivity contribution in [2.45, 2.75) is 39.0 Å². The number of nitrogens with zero attached hydrogens (tertiary/aromatic N) is 1. The van der Waals surface area contributed by atoms with Gasteiger partial charge in [0, 0.05) is 6.07 Å². The van der Waals surface area contributed by atoms with Gasteiger partial charge < -0.3 is 0 Å². The fourth-order valence-electron chi connectivity index (χ4n) is 1.32. The molecule has 1 heterocycles. The lowest BCUT2D eigenvalue weighted by molar-refractivity contribution is -0.676. The molecule has 0 aliphatic heterocycles. The van der Waals surface area contributed by atoms with Crippen LogP contribution in [0.1, 0.15) is 32.3 Å². The van der Waals surface area contributed by atoms with E-state index in [4.69, 9.17) is 0 Å². The highest BCUT2D eigenvalue weighted by Crippen LogP contribution is 2.14. The van der Waals surface area contributed by atoms with Gasteiger partial charge in [-0.2, -0.15) is 4.57 Å². The highest BCUT2D eigenvalue weighted by molar-refractivity contribution is 9.10. The Kier molecular flexibility index (Phi) is 6.34. The van der Waals surface area contributed by atoms with Gasteiger partial charge in [0.05, 0.1) is 4.47 Å². The van der Waals surface area contributed by atoms with Crippen LogP contribution in [0.25, 0.3) is 0 Å². The van der Waals surface area contributed by atoms with Crippen LogP contribution < -0.4 is 4.57 Å². The van der Waals surface area contributed by atoms with Gasteiger partial charge in [-0.3, -0.25) is 0 Å². The Bertz CT molecular complexity index is 302. The first-order chi connectivity index (χ1) is 7.27. The van der Waals surface area contributed by atoms with Gasteiger partial charge in [-0.15, -0.1) is 0 Å². The van der Waals surface area contributed by atoms with E-state index in [0.29, 0.717) is 0 Å². The zero-order valence-corrected chi connectivity index (χ0v) is 11.9. The molecule has 0 saturated heterocycles. The third kappa shape index (κ3) is 4.56. The summed E-state index contributed by atoms with van der Waals surface area (Å²) in [5.41, 5.74) is 1.38. The minimum atomic E-state index is 1.06. The molecule has 1 rings (SSSR count). The molecule has 0 N–H and O–H groups in total. The van der Waals surface area contributed by atoms with Gasteiger partial charge in [-0.1, -0.05) is 32.0 Å². The van der Waals surface area contributed by atoms with E-state index in [2.05, 4.69) is 52.8 Å². The second-order valence-electron chi connectivity index (χ2n) is 3.58. The fourth-order valence-corrected chi connectivity index (χ4v) is 2.99. The Hall–Kier alpha value is -0.0200. The summed E-state index contributed by atoms with van der Waals surface area (Å²) in [5, 5.41) is 0. The van der Waals surface area contributed by atoms with Crippen LogP contribution in [0.3, 0.4) is 0 Å². The maximum absolute atomic E-state index is 3.60. The van der Waals surface area contributed by atoms with Crippen LogP contribution >= 0.6 is 27.7 Å². The van der Waals surface area contributed by atoms with E-state index in [1.807, 2.05) is 11.8 Å². The van der Waals surface area contributed by atoms with Gasteiger partial charge in [0.2, 0.25) is 0 Å². The Balaban J connectivity index is 2.45. The van der Waals surface area contributed by atoms with E-state index in [9.17, 15) is 0 Å². The van der Waals surface area contributed by atoms with Gasteiger partial charge >= 0.3 is 0 Å². The van der Waals surface area contributed by atoms with Crippen molar-refractivity contribution in [1.29, 1.82) is 0 Å². The highest BCUT2D eigenvalue weighted by Gasteiger charge is 2.05. The SMILES string of the molecule is CCCCSC[n+]1ccc(CC)c(Br)c1. The normalized spacial score (nSPS) is 10.6. The van der Waals surface area contributed by atoms with E-state index < -0.39 is 0 Å².